The van der Waals surface area contributed by atoms with Gasteiger partial charge >= 0.3 is 0 Å². The van der Waals surface area contributed by atoms with Gasteiger partial charge in [-0.25, -0.2) is 0 Å². The standard InChI is InChI=1S/C16H25NO/c1-13-6-5-10-17(11-9-13)12-16(18)15-8-4-3-7-14(15)2/h3-4,7-8,13,16,18H,5-6,9-12H2,1-2H3. The predicted molar refractivity (Wildman–Crippen MR) is 75.6 cm³/mol. The number of rotatable bonds is 3. The summed E-state index contributed by atoms with van der Waals surface area (Å²) in [5, 5.41) is 10.4. The van der Waals surface area contributed by atoms with Crippen molar-refractivity contribution in [1.82, 2.24) is 4.90 Å². The number of β-amino-alcohol motifs (C(OH)–C–C–N with tert-alkyl or cyclic N) is 1. The summed E-state index contributed by atoms with van der Waals surface area (Å²) in [5.41, 5.74) is 2.27. The second kappa shape index (κ2) is 6.35. The molecule has 1 aromatic rings. The average molecular weight is 247 g/mol. The van der Waals surface area contributed by atoms with Gasteiger partial charge in [0, 0.05) is 6.54 Å². The van der Waals surface area contributed by atoms with Crippen LogP contribution in [0.5, 0.6) is 0 Å². The molecule has 1 aliphatic rings. The molecule has 1 saturated heterocycles. The molecule has 0 saturated carbocycles. The Bertz CT molecular complexity index is 377. The van der Waals surface area contributed by atoms with E-state index in [0.717, 1.165) is 31.1 Å². The van der Waals surface area contributed by atoms with Crippen LogP contribution in [0.15, 0.2) is 24.3 Å². The predicted octanol–water partition coefficient (Wildman–Crippen LogP) is 3.15. The molecular weight excluding hydrogens is 222 g/mol. The maximum absolute atomic E-state index is 10.4. The summed E-state index contributed by atoms with van der Waals surface area (Å²) in [4.78, 5) is 2.42. The van der Waals surface area contributed by atoms with Crippen molar-refractivity contribution in [2.75, 3.05) is 19.6 Å². The highest BCUT2D eigenvalue weighted by Gasteiger charge is 2.18. The van der Waals surface area contributed by atoms with E-state index in [0.29, 0.717) is 0 Å². The molecule has 0 aliphatic carbocycles. The third-order valence-electron chi connectivity index (χ3n) is 4.09. The molecule has 2 nitrogen and oxygen atoms in total. The second-order valence-electron chi connectivity index (χ2n) is 5.71. The number of likely N-dealkylation sites (tertiary alicyclic amines) is 1. The lowest BCUT2D eigenvalue weighted by Gasteiger charge is -2.24. The molecule has 100 valence electrons. The number of aliphatic hydroxyl groups excluding tert-OH is 1. The van der Waals surface area contributed by atoms with Gasteiger partial charge in [-0.15, -0.1) is 0 Å². The summed E-state index contributed by atoms with van der Waals surface area (Å²) in [7, 11) is 0. The van der Waals surface area contributed by atoms with Crippen molar-refractivity contribution in [2.45, 2.75) is 39.2 Å². The van der Waals surface area contributed by atoms with E-state index in [-0.39, 0.29) is 6.10 Å². The van der Waals surface area contributed by atoms with E-state index in [1.165, 1.54) is 24.8 Å². The molecule has 0 amide bonds. The summed E-state index contributed by atoms with van der Waals surface area (Å²) in [6.45, 7) is 7.44. The lowest BCUT2D eigenvalue weighted by atomic mass is 10.0. The van der Waals surface area contributed by atoms with Crippen molar-refractivity contribution in [3.8, 4) is 0 Å². The van der Waals surface area contributed by atoms with Crippen LogP contribution in [0, 0.1) is 12.8 Å². The molecule has 0 radical (unpaired) electrons. The van der Waals surface area contributed by atoms with Gasteiger partial charge in [0.15, 0.2) is 0 Å². The van der Waals surface area contributed by atoms with Gasteiger partial charge in [-0.1, -0.05) is 31.2 Å². The molecule has 2 atom stereocenters. The molecule has 1 aliphatic heterocycles. The molecular formula is C16H25NO. The van der Waals surface area contributed by atoms with Crippen LogP contribution in [0.1, 0.15) is 43.4 Å². The molecule has 0 aromatic heterocycles. The summed E-state index contributed by atoms with van der Waals surface area (Å²) in [5.74, 6) is 0.839. The van der Waals surface area contributed by atoms with Gasteiger partial charge in [0.1, 0.15) is 0 Å². The Hall–Kier alpha value is -0.860. The summed E-state index contributed by atoms with van der Waals surface area (Å²) >= 11 is 0. The first-order chi connectivity index (χ1) is 8.66. The Kier molecular flexibility index (Phi) is 4.79. The number of aliphatic hydroxyl groups is 1. The summed E-state index contributed by atoms with van der Waals surface area (Å²) in [6.07, 6.45) is 3.51. The first kappa shape index (κ1) is 13.6. The zero-order valence-corrected chi connectivity index (χ0v) is 11.6. The third kappa shape index (κ3) is 3.56. The molecule has 0 bridgehead atoms. The van der Waals surface area contributed by atoms with E-state index in [9.17, 15) is 5.11 Å². The number of benzene rings is 1. The van der Waals surface area contributed by atoms with Crippen LogP contribution < -0.4 is 0 Å². The van der Waals surface area contributed by atoms with Crippen LogP contribution >= 0.6 is 0 Å². The van der Waals surface area contributed by atoms with Gasteiger partial charge in [-0.2, -0.15) is 0 Å². The van der Waals surface area contributed by atoms with Crippen molar-refractivity contribution >= 4 is 0 Å². The van der Waals surface area contributed by atoms with E-state index < -0.39 is 0 Å². The molecule has 18 heavy (non-hydrogen) atoms. The molecule has 0 spiro atoms. The number of hydrogen-bond donors (Lipinski definition) is 1. The fraction of sp³-hybridized carbons (Fsp3) is 0.625. The topological polar surface area (TPSA) is 23.5 Å². The second-order valence-corrected chi connectivity index (χ2v) is 5.71. The number of aryl methyl sites for hydroxylation is 1. The molecule has 1 fully saturated rings. The van der Waals surface area contributed by atoms with E-state index in [4.69, 9.17) is 0 Å². The average Bonchev–Trinajstić information content (AvgIpc) is 2.55. The van der Waals surface area contributed by atoms with E-state index in [1.54, 1.807) is 0 Å². The lowest BCUT2D eigenvalue weighted by molar-refractivity contribution is 0.114. The smallest absolute Gasteiger partial charge is 0.0919 e. The van der Waals surface area contributed by atoms with Crippen LogP contribution in [0.4, 0.5) is 0 Å². The van der Waals surface area contributed by atoms with Crippen LogP contribution in [0.3, 0.4) is 0 Å². The van der Waals surface area contributed by atoms with Crippen LogP contribution in [0.25, 0.3) is 0 Å². The van der Waals surface area contributed by atoms with Crippen LogP contribution in [-0.4, -0.2) is 29.6 Å². The highest BCUT2D eigenvalue weighted by atomic mass is 16.3. The number of hydrogen-bond acceptors (Lipinski definition) is 2. The minimum absolute atomic E-state index is 0.348. The Labute approximate surface area is 111 Å². The van der Waals surface area contributed by atoms with E-state index >= 15 is 0 Å². The van der Waals surface area contributed by atoms with Gasteiger partial charge in [-0.05, 0) is 56.3 Å². The first-order valence-electron chi connectivity index (χ1n) is 7.13. The Morgan fingerprint density at radius 2 is 2.06 bits per heavy atom. The van der Waals surface area contributed by atoms with Gasteiger partial charge in [-0.3, -0.25) is 0 Å². The van der Waals surface area contributed by atoms with E-state index in [1.807, 2.05) is 18.2 Å². The highest BCUT2D eigenvalue weighted by Crippen LogP contribution is 2.21. The maximum Gasteiger partial charge on any atom is 0.0919 e. The largest absolute Gasteiger partial charge is 0.387 e. The molecule has 1 heterocycles. The maximum atomic E-state index is 10.4. The summed E-state index contributed by atoms with van der Waals surface area (Å²) < 4.78 is 0. The molecule has 1 aromatic carbocycles. The molecule has 2 rings (SSSR count). The van der Waals surface area contributed by atoms with Crippen molar-refractivity contribution in [1.29, 1.82) is 0 Å². The number of nitrogens with zero attached hydrogens (tertiary/aromatic N) is 1. The Morgan fingerprint density at radius 1 is 1.28 bits per heavy atom. The SMILES string of the molecule is Cc1ccccc1C(O)CN1CCCC(C)CC1. The molecule has 1 N–H and O–H groups in total. The van der Waals surface area contributed by atoms with Crippen molar-refractivity contribution in [3.05, 3.63) is 35.4 Å². The monoisotopic (exact) mass is 247 g/mol. The van der Waals surface area contributed by atoms with Gasteiger partial charge in [0.2, 0.25) is 0 Å². The van der Waals surface area contributed by atoms with Crippen LogP contribution in [-0.2, 0) is 0 Å². The quantitative estimate of drug-likeness (QED) is 0.887. The molecule has 2 unspecified atom stereocenters. The van der Waals surface area contributed by atoms with Crippen LogP contribution in [0.2, 0.25) is 0 Å². The van der Waals surface area contributed by atoms with Crippen molar-refractivity contribution in [2.24, 2.45) is 5.92 Å². The molecule has 2 heteroatoms. The van der Waals surface area contributed by atoms with Gasteiger partial charge in [0.05, 0.1) is 6.10 Å². The van der Waals surface area contributed by atoms with Gasteiger partial charge < -0.3 is 10.0 Å². The normalized spacial score (nSPS) is 23.6. The van der Waals surface area contributed by atoms with Gasteiger partial charge in [0.25, 0.3) is 0 Å². The highest BCUT2D eigenvalue weighted by molar-refractivity contribution is 5.27. The minimum Gasteiger partial charge on any atom is -0.387 e. The Morgan fingerprint density at radius 3 is 2.83 bits per heavy atom. The fourth-order valence-electron chi connectivity index (χ4n) is 2.81. The van der Waals surface area contributed by atoms with E-state index in [2.05, 4.69) is 24.8 Å². The minimum atomic E-state index is -0.348. The Balaban J connectivity index is 1.94. The lowest BCUT2D eigenvalue weighted by Crippen LogP contribution is -2.30. The zero-order valence-electron chi connectivity index (χ0n) is 11.6. The summed E-state index contributed by atoms with van der Waals surface area (Å²) in [6, 6.07) is 8.15. The third-order valence-corrected chi connectivity index (χ3v) is 4.09. The zero-order chi connectivity index (χ0) is 13.0. The fourth-order valence-corrected chi connectivity index (χ4v) is 2.81. The van der Waals surface area contributed by atoms with Crippen molar-refractivity contribution < 1.29 is 5.11 Å². The van der Waals surface area contributed by atoms with Crippen molar-refractivity contribution in [3.63, 3.8) is 0 Å². The first-order valence-corrected chi connectivity index (χ1v) is 7.13.